The molecule has 0 saturated heterocycles. The van der Waals surface area contributed by atoms with Crippen molar-refractivity contribution in [3.63, 3.8) is 0 Å². The van der Waals surface area contributed by atoms with Crippen LogP contribution in [0, 0.1) is 0 Å². The summed E-state index contributed by atoms with van der Waals surface area (Å²) in [6.45, 7) is 0. The molecule has 10 aromatic carbocycles. The number of para-hydroxylation sites is 4. The van der Waals surface area contributed by atoms with E-state index in [0.717, 1.165) is 49.2 Å². The van der Waals surface area contributed by atoms with Crippen LogP contribution in [0.25, 0.3) is 88.4 Å². The maximum absolute atomic E-state index is 5.48. The van der Waals surface area contributed by atoms with Gasteiger partial charge < -0.3 is 0 Å². The standard InChI is InChI=1S/C59H39N5Si/c1-2-22-45(23-3-1)65(47-35-33-40-17-4-6-19-42(40)37-47,48-36-34-41-18-5-7-20-43(41)38-48)46-24-16-21-44(39-46)57-60-58(63-53-29-12-8-25-49(53)50-26-9-13-30-54(50)63)62-59(61-57)64-55-31-14-10-27-51(55)52-28-11-15-32-56(52)64/h1-39H. The van der Waals surface area contributed by atoms with Crippen LogP contribution < -0.4 is 20.7 Å². The smallest absolute Gasteiger partial charge is 0.240 e. The predicted molar refractivity (Wildman–Crippen MR) is 273 cm³/mol. The molecule has 13 aromatic rings. The van der Waals surface area contributed by atoms with Gasteiger partial charge in [-0.3, -0.25) is 9.13 Å². The van der Waals surface area contributed by atoms with E-state index in [9.17, 15) is 0 Å². The van der Waals surface area contributed by atoms with Gasteiger partial charge >= 0.3 is 0 Å². The van der Waals surface area contributed by atoms with Crippen LogP contribution in [0.15, 0.2) is 237 Å². The number of rotatable bonds is 7. The Morgan fingerprint density at radius 3 is 1.14 bits per heavy atom. The van der Waals surface area contributed by atoms with Crippen molar-refractivity contribution < 1.29 is 0 Å². The van der Waals surface area contributed by atoms with E-state index in [-0.39, 0.29) is 0 Å². The summed E-state index contributed by atoms with van der Waals surface area (Å²) in [5, 5.41) is 14.6. The van der Waals surface area contributed by atoms with Crippen molar-refractivity contribution >= 4 is 94.0 Å². The summed E-state index contributed by atoms with van der Waals surface area (Å²) in [5.41, 5.74) is 5.07. The van der Waals surface area contributed by atoms with E-state index < -0.39 is 8.07 Å². The normalized spacial score (nSPS) is 12.0. The minimum absolute atomic E-state index is 0.560. The van der Waals surface area contributed by atoms with E-state index in [2.05, 4.69) is 246 Å². The van der Waals surface area contributed by atoms with E-state index in [1.165, 1.54) is 42.3 Å². The van der Waals surface area contributed by atoms with E-state index in [0.29, 0.717) is 17.7 Å². The Morgan fingerprint density at radius 2 is 0.662 bits per heavy atom. The van der Waals surface area contributed by atoms with Crippen LogP contribution in [-0.2, 0) is 0 Å². The highest BCUT2D eigenvalue weighted by atomic mass is 28.3. The van der Waals surface area contributed by atoms with E-state index in [4.69, 9.17) is 15.0 Å². The summed E-state index contributed by atoms with van der Waals surface area (Å²) in [5.74, 6) is 1.72. The minimum Gasteiger partial charge on any atom is -0.278 e. The Labute approximate surface area is 376 Å². The molecule has 0 atom stereocenters. The second-order valence-electron chi connectivity index (χ2n) is 16.8. The van der Waals surface area contributed by atoms with Crippen LogP contribution in [0.3, 0.4) is 0 Å². The van der Waals surface area contributed by atoms with Gasteiger partial charge in [0.05, 0.1) is 22.1 Å². The number of benzene rings is 10. The molecule has 0 aliphatic rings. The third-order valence-corrected chi connectivity index (χ3v) is 18.0. The molecule has 0 spiro atoms. The number of hydrogen-bond donors (Lipinski definition) is 0. The van der Waals surface area contributed by atoms with Crippen molar-refractivity contribution in [3.05, 3.63) is 237 Å². The van der Waals surface area contributed by atoms with Crippen molar-refractivity contribution in [2.45, 2.75) is 0 Å². The van der Waals surface area contributed by atoms with Gasteiger partial charge in [-0.05, 0) is 66.6 Å². The van der Waals surface area contributed by atoms with Crippen LogP contribution in [0.4, 0.5) is 0 Å². The lowest BCUT2D eigenvalue weighted by Gasteiger charge is -2.35. The number of hydrogen-bond acceptors (Lipinski definition) is 3. The summed E-state index contributed by atoms with van der Waals surface area (Å²) in [7, 11) is -3.06. The maximum Gasteiger partial charge on any atom is 0.240 e. The fourth-order valence-electron chi connectivity index (χ4n) is 10.4. The summed E-state index contributed by atoms with van der Waals surface area (Å²) < 4.78 is 4.40. The Bertz CT molecular complexity index is 3660. The molecule has 0 saturated carbocycles. The van der Waals surface area contributed by atoms with Gasteiger partial charge in [-0.1, -0.05) is 212 Å². The molecule has 0 amide bonds. The van der Waals surface area contributed by atoms with Gasteiger partial charge in [-0.25, -0.2) is 0 Å². The van der Waals surface area contributed by atoms with Gasteiger partial charge in [-0.2, -0.15) is 15.0 Å². The lowest BCUT2D eigenvalue weighted by Crippen LogP contribution is -2.74. The molecule has 5 nitrogen and oxygen atoms in total. The third kappa shape index (κ3) is 5.81. The molecule has 0 aliphatic carbocycles. The molecule has 6 heteroatoms. The van der Waals surface area contributed by atoms with E-state index >= 15 is 0 Å². The molecule has 0 fully saturated rings. The van der Waals surface area contributed by atoms with Crippen LogP contribution in [0.5, 0.6) is 0 Å². The summed E-state index contributed by atoms with van der Waals surface area (Å²) >= 11 is 0. The van der Waals surface area contributed by atoms with Crippen molar-refractivity contribution in [2.24, 2.45) is 0 Å². The van der Waals surface area contributed by atoms with Crippen LogP contribution in [-0.4, -0.2) is 32.2 Å². The molecule has 3 aromatic heterocycles. The van der Waals surface area contributed by atoms with Gasteiger partial charge in [0, 0.05) is 27.1 Å². The molecule has 0 unspecified atom stereocenters. The summed E-state index contributed by atoms with van der Waals surface area (Å²) in [4.78, 5) is 16.4. The molecule has 0 radical (unpaired) electrons. The second kappa shape index (κ2) is 14.8. The maximum atomic E-state index is 5.48. The SMILES string of the molecule is c1ccc([Si](c2cccc(-c3nc(-n4c5ccccc5c5ccccc54)nc(-n4c5ccccc5c5ccccc54)n3)c2)(c2ccc3ccccc3c2)c2ccc3ccccc3c2)cc1. The minimum atomic E-state index is -3.06. The Hall–Kier alpha value is -8.45. The highest BCUT2D eigenvalue weighted by Crippen LogP contribution is 2.34. The van der Waals surface area contributed by atoms with E-state index in [1.54, 1.807) is 0 Å². The molecule has 13 rings (SSSR count). The quantitative estimate of drug-likeness (QED) is 0.119. The van der Waals surface area contributed by atoms with Crippen molar-refractivity contribution in [1.82, 2.24) is 24.1 Å². The van der Waals surface area contributed by atoms with Gasteiger partial charge in [-0.15, -0.1) is 0 Å². The first kappa shape index (κ1) is 37.1. The number of nitrogens with zero attached hydrogens (tertiary/aromatic N) is 5. The average molecular weight is 846 g/mol. The van der Waals surface area contributed by atoms with Gasteiger partial charge in [0.15, 0.2) is 13.9 Å². The lowest BCUT2D eigenvalue weighted by molar-refractivity contribution is 0.893. The molecule has 65 heavy (non-hydrogen) atoms. The fourth-order valence-corrected chi connectivity index (χ4v) is 15.2. The molecule has 0 aliphatic heterocycles. The highest BCUT2D eigenvalue weighted by molar-refractivity contribution is 7.20. The van der Waals surface area contributed by atoms with Crippen molar-refractivity contribution in [3.8, 4) is 23.3 Å². The zero-order valence-electron chi connectivity index (χ0n) is 35.3. The molecule has 304 valence electrons. The monoisotopic (exact) mass is 845 g/mol. The Kier molecular flexibility index (Phi) is 8.48. The lowest BCUT2D eigenvalue weighted by atomic mass is 10.1. The molecular formula is C59H39N5Si. The van der Waals surface area contributed by atoms with Crippen LogP contribution >= 0.6 is 0 Å². The first-order chi connectivity index (χ1) is 32.2. The van der Waals surface area contributed by atoms with Crippen molar-refractivity contribution in [1.29, 1.82) is 0 Å². The zero-order valence-corrected chi connectivity index (χ0v) is 36.3. The summed E-state index contributed by atoms with van der Waals surface area (Å²) in [6.07, 6.45) is 0. The zero-order chi connectivity index (χ0) is 42.9. The average Bonchev–Trinajstić information content (AvgIpc) is 3.90. The van der Waals surface area contributed by atoms with Gasteiger partial charge in [0.1, 0.15) is 0 Å². The van der Waals surface area contributed by atoms with Crippen molar-refractivity contribution in [2.75, 3.05) is 0 Å². The molecule has 0 bridgehead atoms. The second-order valence-corrected chi connectivity index (χ2v) is 20.6. The Morgan fingerprint density at radius 1 is 0.277 bits per heavy atom. The number of aromatic nitrogens is 5. The van der Waals surface area contributed by atoms with Gasteiger partial charge in [0.25, 0.3) is 0 Å². The van der Waals surface area contributed by atoms with E-state index in [1.807, 2.05) is 0 Å². The topological polar surface area (TPSA) is 48.5 Å². The molecule has 3 heterocycles. The summed E-state index contributed by atoms with van der Waals surface area (Å²) in [6, 6.07) is 85.9. The first-order valence-electron chi connectivity index (χ1n) is 22.1. The van der Waals surface area contributed by atoms with Crippen LogP contribution in [0.2, 0.25) is 0 Å². The largest absolute Gasteiger partial charge is 0.278 e. The predicted octanol–water partition coefficient (Wildman–Crippen LogP) is 11.4. The molecule has 0 N–H and O–H groups in total. The van der Waals surface area contributed by atoms with Crippen LogP contribution in [0.1, 0.15) is 0 Å². The first-order valence-corrected chi connectivity index (χ1v) is 24.1. The third-order valence-electron chi connectivity index (χ3n) is 13.3. The highest BCUT2D eigenvalue weighted by Gasteiger charge is 2.42. The molecular weight excluding hydrogens is 807 g/mol. The van der Waals surface area contributed by atoms with Gasteiger partial charge in [0.2, 0.25) is 11.9 Å². The number of fused-ring (bicyclic) bond motifs is 8. The Balaban J connectivity index is 1.12. The fraction of sp³-hybridized carbons (Fsp3) is 0.